The van der Waals surface area contributed by atoms with Gasteiger partial charge in [-0.2, -0.15) is 0 Å². The Labute approximate surface area is 146 Å². The summed E-state index contributed by atoms with van der Waals surface area (Å²) in [7, 11) is -2.73. The second-order valence-corrected chi connectivity index (χ2v) is 8.49. The molecule has 1 heterocycles. The molecule has 0 aromatic rings. The summed E-state index contributed by atoms with van der Waals surface area (Å²) < 4.78 is 17.4. The zero-order chi connectivity index (χ0) is 18.2. The molecule has 0 unspecified atom stereocenters. The Hall–Kier alpha value is -0.963. The maximum atomic E-state index is 12.6. The van der Waals surface area contributed by atoms with Gasteiger partial charge in [-0.1, -0.05) is 13.8 Å². The first-order chi connectivity index (χ1) is 11.4. The minimum atomic E-state index is -2.73. The van der Waals surface area contributed by atoms with Crippen molar-refractivity contribution < 1.29 is 22.9 Å². The molecule has 1 aliphatic rings. The van der Waals surface area contributed by atoms with Gasteiger partial charge in [-0.3, -0.25) is 9.69 Å². The van der Waals surface area contributed by atoms with Gasteiger partial charge in [0.15, 0.2) is 0 Å². The van der Waals surface area contributed by atoms with Crippen LogP contribution in [0.4, 0.5) is 4.79 Å². The van der Waals surface area contributed by atoms with Crippen LogP contribution in [0.5, 0.6) is 0 Å². The van der Waals surface area contributed by atoms with Crippen LogP contribution in [0.2, 0.25) is 6.04 Å². The highest BCUT2D eigenvalue weighted by molar-refractivity contribution is 6.60. The predicted molar refractivity (Wildman–Crippen MR) is 93.6 cm³/mol. The summed E-state index contributed by atoms with van der Waals surface area (Å²) in [5, 5.41) is 2.84. The zero-order valence-electron chi connectivity index (χ0n) is 15.6. The molecule has 0 spiro atoms. The van der Waals surface area contributed by atoms with Crippen LogP contribution < -0.4 is 5.32 Å². The maximum absolute atomic E-state index is 12.6. The Bertz CT molecular complexity index is 412. The molecule has 24 heavy (non-hydrogen) atoms. The van der Waals surface area contributed by atoms with Crippen molar-refractivity contribution in [1.82, 2.24) is 10.2 Å². The molecule has 1 rings (SSSR count). The molecule has 8 heteroatoms. The van der Waals surface area contributed by atoms with E-state index in [9.17, 15) is 9.59 Å². The van der Waals surface area contributed by atoms with Crippen molar-refractivity contribution in [3.05, 3.63) is 0 Å². The lowest BCUT2D eigenvalue weighted by Crippen LogP contribution is -2.47. The molecule has 0 saturated carbocycles. The first-order valence-electron chi connectivity index (χ1n) is 9.00. The minimum absolute atomic E-state index is 0.131. The lowest BCUT2D eigenvalue weighted by Gasteiger charge is -2.29. The van der Waals surface area contributed by atoms with Crippen molar-refractivity contribution in [1.29, 1.82) is 0 Å². The second-order valence-electron chi connectivity index (χ2n) is 5.76. The van der Waals surface area contributed by atoms with E-state index in [-0.39, 0.29) is 11.9 Å². The number of urea groups is 1. The molecule has 0 atom stereocenters. The number of imide groups is 1. The normalized spacial score (nSPS) is 17.5. The molecule has 0 radical (unpaired) electrons. The number of hydrogen-bond acceptors (Lipinski definition) is 5. The first kappa shape index (κ1) is 21.1. The summed E-state index contributed by atoms with van der Waals surface area (Å²) in [5.74, 6) is -0.131. The van der Waals surface area contributed by atoms with Crippen LogP contribution >= 0.6 is 0 Å². The van der Waals surface area contributed by atoms with Gasteiger partial charge < -0.3 is 18.6 Å². The third-order valence-corrected chi connectivity index (χ3v) is 7.56. The Morgan fingerprint density at radius 1 is 0.958 bits per heavy atom. The van der Waals surface area contributed by atoms with Gasteiger partial charge in [-0.05, 0) is 40.0 Å². The molecule has 1 saturated heterocycles. The monoisotopic (exact) mass is 360 g/mol. The highest BCUT2D eigenvalue weighted by atomic mass is 28.4. The van der Waals surface area contributed by atoms with Gasteiger partial charge in [-0.25, -0.2) is 4.79 Å². The number of amides is 3. The molecule has 1 aliphatic heterocycles. The molecular formula is C16H32N2O5Si. The Kier molecular flexibility index (Phi) is 8.35. The Balaban J connectivity index is 2.70. The third-order valence-electron chi connectivity index (χ3n) is 4.41. The van der Waals surface area contributed by atoms with E-state index in [4.69, 9.17) is 13.3 Å². The van der Waals surface area contributed by atoms with Crippen LogP contribution in [0, 0.1) is 0 Å². The molecule has 0 bridgehead atoms. The van der Waals surface area contributed by atoms with Gasteiger partial charge in [0.2, 0.25) is 0 Å². The molecule has 1 N–H and O–H groups in total. The summed E-state index contributed by atoms with van der Waals surface area (Å²) in [5.41, 5.74) is -0.745. The number of carbonyl (C=O) groups is 2. The molecule has 0 aromatic heterocycles. The van der Waals surface area contributed by atoms with E-state index in [0.717, 1.165) is 0 Å². The molecule has 1 fully saturated rings. The lowest BCUT2D eigenvalue weighted by molar-refractivity contribution is -0.131. The highest BCUT2D eigenvalue weighted by Crippen LogP contribution is 2.26. The van der Waals surface area contributed by atoms with Gasteiger partial charge >= 0.3 is 14.8 Å². The Morgan fingerprint density at radius 3 is 1.83 bits per heavy atom. The largest absolute Gasteiger partial charge is 0.500 e. The van der Waals surface area contributed by atoms with Crippen LogP contribution in [-0.2, 0) is 18.1 Å². The number of hydrogen-bond donors (Lipinski definition) is 1. The average molecular weight is 361 g/mol. The molecule has 0 aliphatic carbocycles. The number of nitrogens with one attached hydrogen (secondary N) is 1. The van der Waals surface area contributed by atoms with Crippen molar-refractivity contribution in [2.45, 2.75) is 65.5 Å². The summed E-state index contributed by atoms with van der Waals surface area (Å²) in [6.45, 7) is 11.5. The number of rotatable bonds is 12. The standard InChI is InChI=1S/C16H32N2O5Si/c1-6-16(7-2)14(19)18(15(20)17-16)12-11-13-24(21-8-3,22-9-4)23-10-5/h6-13H2,1-5H3,(H,17,20). The molecule has 140 valence electrons. The fourth-order valence-electron chi connectivity index (χ4n) is 3.06. The highest BCUT2D eigenvalue weighted by Gasteiger charge is 2.49. The SMILES string of the molecule is CCO[Si](CCCN1C(=O)NC(CC)(CC)C1=O)(OCC)OCC. The maximum Gasteiger partial charge on any atom is 0.500 e. The van der Waals surface area contributed by atoms with Crippen molar-refractivity contribution in [2.24, 2.45) is 0 Å². The van der Waals surface area contributed by atoms with E-state index < -0.39 is 14.3 Å². The summed E-state index contributed by atoms with van der Waals surface area (Å²) in [4.78, 5) is 26.1. The van der Waals surface area contributed by atoms with E-state index in [1.54, 1.807) is 0 Å². The van der Waals surface area contributed by atoms with Crippen LogP contribution in [0.15, 0.2) is 0 Å². The van der Waals surface area contributed by atoms with Gasteiger partial charge in [0.1, 0.15) is 5.54 Å². The molecule has 7 nitrogen and oxygen atoms in total. The molecule has 3 amide bonds. The fourth-order valence-corrected chi connectivity index (χ4v) is 5.66. The van der Waals surface area contributed by atoms with Crippen molar-refractivity contribution in [2.75, 3.05) is 26.4 Å². The lowest BCUT2D eigenvalue weighted by atomic mass is 9.93. The van der Waals surface area contributed by atoms with Gasteiger partial charge in [0.05, 0.1) is 0 Å². The quantitative estimate of drug-likeness (QED) is 0.427. The van der Waals surface area contributed by atoms with Crippen LogP contribution in [0.3, 0.4) is 0 Å². The smallest absolute Gasteiger partial charge is 0.374 e. The van der Waals surface area contributed by atoms with Gasteiger partial charge in [0, 0.05) is 32.4 Å². The summed E-state index contributed by atoms with van der Waals surface area (Å²) in [6, 6.07) is 0.283. The van der Waals surface area contributed by atoms with Crippen LogP contribution in [0.25, 0.3) is 0 Å². The summed E-state index contributed by atoms with van der Waals surface area (Å²) >= 11 is 0. The topological polar surface area (TPSA) is 77.1 Å². The van der Waals surface area contributed by atoms with Crippen molar-refractivity contribution in [3.63, 3.8) is 0 Å². The average Bonchev–Trinajstić information content (AvgIpc) is 2.80. The molecular weight excluding hydrogens is 328 g/mol. The van der Waals surface area contributed by atoms with Crippen molar-refractivity contribution >= 4 is 20.7 Å². The zero-order valence-corrected chi connectivity index (χ0v) is 16.6. The van der Waals surface area contributed by atoms with E-state index in [1.807, 2.05) is 34.6 Å². The fraction of sp³-hybridized carbons (Fsp3) is 0.875. The Morgan fingerprint density at radius 2 is 1.46 bits per heavy atom. The van der Waals surface area contributed by atoms with Gasteiger partial charge in [-0.15, -0.1) is 0 Å². The predicted octanol–water partition coefficient (Wildman–Crippen LogP) is 2.54. The van der Waals surface area contributed by atoms with E-state index in [0.29, 0.717) is 51.7 Å². The third kappa shape index (κ3) is 4.56. The van der Waals surface area contributed by atoms with Gasteiger partial charge in [0.25, 0.3) is 5.91 Å². The van der Waals surface area contributed by atoms with Crippen molar-refractivity contribution in [3.8, 4) is 0 Å². The number of carbonyl (C=O) groups excluding carboxylic acids is 2. The first-order valence-corrected chi connectivity index (χ1v) is 10.9. The van der Waals surface area contributed by atoms with E-state index in [1.165, 1.54) is 4.90 Å². The number of nitrogens with zero attached hydrogens (tertiary/aromatic N) is 1. The van der Waals surface area contributed by atoms with E-state index in [2.05, 4.69) is 5.32 Å². The van der Waals surface area contributed by atoms with Crippen LogP contribution in [0.1, 0.15) is 53.9 Å². The summed E-state index contributed by atoms with van der Waals surface area (Å²) in [6.07, 6.45) is 1.80. The molecule has 0 aromatic carbocycles. The van der Waals surface area contributed by atoms with E-state index >= 15 is 0 Å². The second kappa shape index (κ2) is 9.50. The minimum Gasteiger partial charge on any atom is -0.374 e. The van der Waals surface area contributed by atoms with Crippen LogP contribution in [-0.4, -0.2) is 57.5 Å².